The van der Waals surface area contributed by atoms with Crippen molar-refractivity contribution in [1.82, 2.24) is 4.98 Å². The lowest BCUT2D eigenvalue weighted by atomic mass is 9.66. The minimum atomic E-state index is -0.0528. The van der Waals surface area contributed by atoms with Gasteiger partial charge in [0.15, 0.2) is 0 Å². The van der Waals surface area contributed by atoms with E-state index in [9.17, 15) is 0 Å². The Bertz CT molecular complexity index is 367. The van der Waals surface area contributed by atoms with Crippen LogP contribution >= 0.6 is 0 Å². The largest absolute Gasteiger partial charge is 0.284 e. The predicted molar refractivity (Wildman–Crippen MR) is 79.2 cm³/mol. The summed E-state index contributed by atoms with van der Waals surface area (Å²) in [5, 5.41) is 0. The Labute approximate surface area is 112 Å². The summed E-state index contributed by atoms with van der Waals surface area (Å²) >= 11 is 0. The molecule has 0 fully saturated rings. The second-order valence-electron chi connectivity index (χ2n) is 5.41. The van der Waals surface area contributed by atoms with Crippen molar-refractivity contribution >= 4 is 6.21 Å². The molecule has 2 heteroatoms. The van der Waals surface area contributed by atoms with Crippen LogP contribution in [0.25, 0.3) is 0 Å². The topological polar surface area (TPSA) is 25.2 Å². The van der Waals surface area contributed by atoms with Crippen LogP contribution in [0.5, 0.6) is 0 Å². The maximum absolute atomic E-state index is 4.82. The van der Waals surface area contributed by atoms with Gasteiger partial charge in [-0.25, -0.2) is 0 Å². The van der Waals surface area contributed by atoms with E-state index in [1.807, 2.05) is 24.4 Å². The molecule has 0 saturated heterocycles. The quantitative estimate of drug-likeness (QED) is 0.679. The standard InChI is InChI=1S/C16H26N2/c1-6-16(7-2,8-3)15(4,5)18-13-14-11-9-10-12-17-14/h9-13H,6-8H2,1-5H3. The van der Waals surface area contributed by atoms with Gasteiger partial charge in [-0.3, -0.25) is 9.98 Å². The van der Waals surface area contributed by atoms with Crippen LogP contribution in [-0.4, -0.2) is 16.7 Å². The van der Waals surface area contributed by atoms with Crippen molar-refractivity contribution in [3.63, 3.8) is 0 Å². The van der Waals surface area contributed by atoms with Crippen molar-refractivity contribution < 1.29 is 0 Å². The van der Waals surface area contributed by atoms with Gasteiger partial charge in [0.05, 0.1) is 11.2 Å². The fourth-order valence-electron chi connectivity index (χ4n) is 2.86. The Morgan fingerprint density at radius 2 is 1.72 bits per heavy atom. The minimum Gasteiger partial charge on any atom is -0.284 e. The molecular weight excluding hydrogens is 220 g/mol. The summed E-state index contributed by atoms with van der Waals surface area (Å²) in [5.41, 5.74) is 1.16. The Morgan fingerprint density at radius 1 is 1.11 bits per heavy atom. The van der Waals surface area contributed by atoms with Gasteiger partial charge >= 0.3 is 0 Å². The van der Waals surface area contributed by atoms with Crippen molar-refractivity contribution in [2.24, 2.45) is 10.4 Å². The van der Waals surface area contributed by atoms with Gasteiger partial charge < -0.3 is 0 Å². The zero-order chi connectivity index (χ0) is 13.6. The van der Waals surface area contributed by atoms with E-state index in [1.54, 1.807) is 6.20 Å². The molecule has 18 heavy (non-hydrogen) atoms. The lowest BCUT2D eigenvalue weighted by molar-refractivity contribution is 0.130. The average Bonchev–Trinajstić information content (AvgIpc) is 2.40. The third-order valence-electron chi connectivity index (χ3n) is 4.54. The van der Waals surface area contributed by atoms with E-state index >= 15 is 0 Å². The van der Waals surface area contributed by atoms with Gasteiger partial charge in [0.1, 0.15) is 0 Å². The smallest absolute Gasteiger partial charge is 0.0808 e. The average molecular weight is 246 g/mol. The Morgan fingerprint density at radius 3 is 2.17 bits per heavy atom. The van der Waals surface area contributed by atoms with E-state index in [-0.39, 0.29) is 11.0 Å². The molecule has 1 aromatic rings. The van der Waals surface area contributed by atoms with Crippen molar-refractivity contribution in [2.45, 2.75) is 59.4 Å². The zero-order valence-corrected chi connectivity index (χ0v) is 12.4. The van der Waals surface area contributed by atoms with Crippen molar-refractivity contribution in [3.05, 3.63) is 30.1 Å². The molecule has 1 heterocycles. The van der Waals surface area contributed by atoms with Crippen LogP contribution in [0.15, 0.2) is 29.4 Å². The van der Waals surface area contributed by atoms with Crippen LogP contribution in [0.3, 0.4) is 0 Å². The third-order valence-corrected chi connectivity index (χ3v) is 4.54. The molecule has 0 bridgehead atoms. The van der Waals surface area contributed by atoms with Gasteiger partial charge in [0.2, 0.25) is 0 Å². The fraction of sp³-hybridized carbons (Fsp3) is 0.625. The normalized spacial score (nSPS) is 13.2. The Kier molecular flexibility index (Phi) is 5.06. The first-order valence-electron chi connectivity index (χ1n) is 6.97. The second-order valence-corrected chi connectivity index (χ2v) is 5.41. The van der Waals surface area contributed by atoms with E-state index in [1.165, 1.54) is 0 Å². The molecule has 0 aliphatic heterocycles. The Hall–Kier alpha value is -1.18. The van der Waals surface area contributed by atoms with Crippen LogP contribution in [0.4, 0.5) is 0 Å². The lowest BCUT2D eigenvalue weighted by Gasteiger charge is -2.43. The third kappa shape index (κ3) is 2.98. The summed E-state index contributed by atoms with van der Waals surface area (Å²) < 4.78 is 0. The molecule has 2 nitrogen and oxygen atoms in total. The summed E-state index contributed by atoms with van der Waals surface area (Å²) in [6.07, 6.45) is 7.20. The zero-order valence-electron chi connectivity index (χ0n) is 12.4. The summed E-state index contributed by atoms with van der Waals surface area (Å²) in [6, 6.07) is 5.91. The molecular formula is C16H26N2. The number of pyridine rings is 1. The van der Waals surface area contributed by atoms with Crippen LogP contribution in [0.2, 0.25) is 0 Å². The molecule has 0 N–H and O–H groups in total. The van der Waals surface area contributed by atoms with Gasteiger partial charge in [0, 0.05) is 12.4 Å². The number of rotatable bonds is 6. The van der Waals surface area contributed by atoms with Gasteiger partial charge in [-0.05, 0) is 50.7 Å². The van der Waals surface area contributed by atoms with Gasteiger partial charge in [0.25, 0.3) is 0 Å². The molecule has 0 atom stereocenters. The van der Waals surface area contributed by atoms with E-state index < -0.39 is 0 Å². The van der Waals surface area contributed by atoms with Crippen molar-refractivity contribution in [2.75, 3.05) is 0 Å². The number of aromatic nitrogens is 1. The van der Waals surface area contributed by atoms with E-state index in [4.69, 9.17) is 4.99 Å². The van der Waals surface area contributed by atoms with Crippen molar-refractivity contribution in [1.29, 1.82) is 0 Å². The Balaban J connectivity index is 2.96. The van der Waals surface area contributed by atoms with Gasteiger partial charge in [-0.2, -0.15) is 0 Å². The van der Waals surface area contributed by atoms with E-state index in [2.05, 4.69) is 39.6 Å². The molecule has 0 unspecified atom stereocenters. The van der Waals surface area contributed by atoms with Gasteiger partial charge in [-0.1, -0.05) is 26.8 Å². The minimum absolute atomic E-state index is 0.0528. The van der Waals surface area contributed by atoms with Crippen molar-refractivity contribution in [3.8, 4) is 0 Å². The van der Waals surface area contributed by atoms with Crippen LogP contribution < -0.4 is 0 Å². The molecule has 0 spiro atoms. The molecule has 0 saturated carbocycles. The molecule has 0 radical (unpaired) electrons. The maximum Gasteiger partial charge on any atom is 0.0808 e. The maximum atomic E-state index is 4.82. The number of hydrogen-bond acceptors (Lipinski definition) is 2. The highest BCUT2D eigenvalue weighted by Gasteiger charge is 2.40. The highest BCUT2D eigenvalue weighted by Crippen LogP contribution is 2.43. The fourth-order valence-corrected chi connectivity index (χ4v) is 2.86. The van der Waals surface area contributed by atoms with Crippen LogP contribution in [-0.2, 0) is 0 Å². The van der Waals surface area contributed by atoms with Crippen LogP contribution in [0.1, 0.15) is 59.6 Å². The molecule has 0 aromatic carbocycles. The molecule has 0 amide bonds. The summed E-state index contributed by atoms with van der Waals surface area (Å²) in [7, 11) is 0. The molecule has 0 aliphatic rings. The number of hydrogen-bond donors (Lipinski definition) is 0. The first kappa shape index (κ1) is 14.9. The molecule has 100 valence electrons. The summed E-state index contributed by atoms with van der Waals surface area (Å²) in [5.74, 6) is 0. The van der Waals surface area contributed by atoms with E-state index in [0.29, 0.717) is 0 Å². The highest BCUT2D eigenvalue weighted by molar-refractivity contribution is 5.77. The molecule has 1 rings (SSSR count). The monoisotopic (exact) mass is 246 g/mol. The lowest BCUT2D eigenvalue weighted by Crippen LogP contribution is -2.41. The van der Waals surface area contributed by atoms with Crippen LogP contribution in [0, 0.1) is 5.41 Å². The number of aliphatic imine (C=N–C) groups is 1. The second kappa shape index (κ2) is 6.12. The van der Waals surface area contributed by atoms with E-state index in [0.717, 1.165) is 25.0 Å². The first-order chi connectivity index (χ1) is 8.51. The summed E-state index contributed by atoms with van der Waals surface area (Å²) in [6.45, 7) is 11.3. The SMILES string of the molecule is CCC(CC)(CC)C(C)(C)N=Cc1ccccn1. The highest BCUT2D eigenvalue weighted by atomic mass is 14.9. The summed E-state index contributed by atoms with van der Waals surface area (Å²) in [4.78, 5) is 9.12. The molecule has 0 aliphatic carbocycles. The predicted octanol–water partition coefficient (Wildman–Crippen LogP) is 4.50. The molecule has 1 aromatic heterocycles. The first-order valence-corrected chi connectivity index (χ1v) is 6.97. The number of nitrogens with zero attached hydrogens (tertiary/aromatic N) is 2. The van der Waals surface area contributed by atoms with Gasteiger partial charge in [-0.15, -0.1) is 0 Å².